The van der Waals surface area contributed by atoms with Crippen LogP contribution in [0.3, 0.4) is 0 Å². The van der Waals surface area contributed by atoms with E-state index in [2.05, 4.69) is 42.7 Å². The van der Waals surface area contributed by atoms with Crippen LogP contribution < -0.4 is 4.90 Å². The summed E-state index contributed by atoms with van der Waals surface area (Å²) in [5.74, 6) is 0.689. The van der Waals surface area contributed by atoms with Crippen molar-refractivity contribution >= 4 is 5.69 Å². The van der Waals surface area contributed by atoms with Gasteiger partial charge in [-0.2, -0.15) is 0 Å². The van der Waals surface area contributed by atoms with E-state index in [0.29, 0.717) is 5.92 Å². The van der Waals surface area contributed by atoms with Gasteiger partial charge >= 0.3 is 0 Å². The summed E-state index contributed by atoms with van der Waals surface area (Å²) in [7, 11) is 0. The van der Waals surface area contributed by atoms with Crippen molar-refractivity contribution in [2.45, 2.75) is 19.3 Å². The number of fused-ring (bicyclic) bond motifs is 1. The lowest BCUT2D eigenvalue weighted by Crippen LogP contribution is -2.13. The second kappa shape index (κ2) is 3.25. The van der Waals surface area contributed by atoms with Gasteiger partial charge in [0.15, 0.2) is 0 Å². The van der Waals surface area contributed by atoms with Gasteiger partial charge in [-0.3, -0.25) is 0 Å². The van der Waals surface area contributed by atoms with Crippen molar-refractivity contribution in [1.29, 1.82) is 0 Å². The molecule has 13 heavy (non-hydrogen) atoms. The Morgan fingerprint density at radius 1 is 1.54 bits per heavy atom. The molecule has 1 aromatic rings. The molecule has 0 amide bonds. The minimum Gasteiger partial charge on any atom is -0.348 e. The maximum Gasteiger partial charge on any atom is 0.0442 e. The van der Waals surface area contributed by atoms with Crippen LogP contribution in [-0.4, -0.2) is 6.54 Å². The lowest BCUT2D eigenvalue weighted by atomic mass is 9.99. The van der Waals surface area contributed by atoms with E-state index in [1.165, 1.54) is 17.7 Å². The van der Waals surface area contributed by atoms with Crippen molar-refractivity contribution < 1.29 is 0 Å². The van der Waals surface area contributed by atoms with E-state index < -0.39 is 0 Å². The summed E-state index contributed by atoms with van der Waals surface area (Å²) in [4.78, 5) is 2.24. The third kappa shape index (κ3) is 1.24. The molecule has 0 aliphatic carbocycles. The minimum absolute atomic E-state index is 0.689. The van der Waals surface area contributed by atoms with Crippen molar-refractivity contribution in [3.05, 3.63) is 42.6 Å². The van der Waals surface area contributed by atoms with Gasteiger partial charge in [0.05, 0.1) is 0 Å². The topological polar surface area (TPSA) is 3.24 Å². The fourth-order valence-electron chi connectivity index (χ4n) is 2.05. The summed E-state index contributed by atoms with van der Waals surface area (Å²) in [6.07, 6.45) is 3.13. The van der Waals surface area contributed by atoms with Gasteiger partial charge < -0.3 is 4.90 Å². The summed E-state index contributed by atoms with van der Waals surface area (Å²) in [5.41, 5.74) is 2.81. The molecular weight excluding hydrogens is 158 g/mol. The van der Waals surface area contributed by atoms with Crippen molar-refractivity contribution in [1.82, 2.24) is 0 Å². The van der Waals surface area contributed by atoms with Crippen LogP contribution in [-0.2, 0) is 0 Å². The van der Waals surface area contributed by atoms with E-state index >= 15 is 0 Å². The van der Waals surface area contributed by atoms with E-state index in [9.17, 15) is 0 Å². The van der Waals surface area contributed by atoms with Crippen molar-refractivity contribution in [3.8, 4) is 0 Å². The third-order valence-corrected chi connectivity index (χ3v) is 2.82. The van der Waals surface area contributed by atoms with Crippen LogP contribution in [0.5, 0.6) is 0 Å². The molecule has 0 saturated heterocycles. The molecule has 0 radical (unpaired) electrons. The summed E-state index contributed by atoms with van der Waals surface area (Å²) in [6, 6.07) is 8.61. The number of para-hydroxylation sites is 1. The molecular formula is C12H15N. The molecule has 1 nitrogen and oxygen atoms in total. The SMILES string of the molecule is C=CN1CC(CC)c2ccccc21. The van der Waals surface area contributed by atoms with Crippen LogP contribution in [0.4, 0.5) is 5.69 Å². The number of anilines is 1. The summed E-state index contributed by atoms with van der Waals surface area (Å²) in [6.45, 7) is 7.18. The average molecular weight is 173 g/mol. The lowest BCUT2D eigenvalue weighted by Gasteiger charge is -2.12. The Kier molecular flexibility index (Phi) is 2.09. The molecule has 1 aromatic carbocycles. The minimum atomic E-state index is 0.689. The smallest absolute Gasteiger partial charge is 0.0442 e. The van der Waals surface area contributed by atoms with Crippen LogP contribution in [0.1, 0.15) is 24.8 Å². The van der Waals surface area contributed by atoms with Gasteiger partial charge in [-0.1, -0.05) is 31.7 Å². The zero-order valence-electron chi connectivity index (χ0n) is 8.03. The Hall–Kier alpha value is -1.24. The van der Waals surface area contributed by atoms with E-state index in [-0.39, 0.29) is 0 Å². The number of hydrogen-bond acceptors (Lipinski definition) is 1. The quantitative estimate of drug-likeness (QED) is 0.664. The highest BCUT2D eigenvalue weighted by molar-refractivity contribution is 5.61. The zero-order valence-corrected chi connectivity index (χ0v) is 8.03. The summed E-state index contributed by atoms with van der Waals surface area (Å²) in [5, 5.41) is 0. The van der Waals surface area contributed by atoms with Crippen molar-refractivity contribution in [2.75, 3.05) is 11.4 Å². The van der Waals surface area contributed by atoms with Gasteiger partial charge in [-0.25, -0.2) is 0 Å². The Balaban J connectivity index is 2.43. The second-order valence-electron chi connectivity index (χ2n) is 3.50. The van der Waals surface area contributed by atoms with Crippen LogP contribution in [0.15, 0.2) is 37.0 Å². The molecule has 0 N–H and O–H groups in total. The van der Waals surface area contributed by atoms with Crippen LogP contribution in [0, 0.1) is 0 Å². The van der Waals surface area contributed by atoms with Crippen LogP contribution in [0.2, 0.25) is 0 Å². The molecule has 0 bridgehead atoms. The fraction of sp³-hybridized carbons (Fsp3) is 0.333. The normalized spacial score (nSPS) is 20.1. The first kappa shape index (κ1) is 8.36. The molecule has 1 aliphatic rings. The first-order chi connectivity index (χ1) is 6.36. The van der Waals surface area contributed by atoms with E-state index in [0.717, 1.165) is 6.54 Å². The molecule has 0 spiro atoms. The highest BCUT2D eigenvalue weighted by atomic mass is 15.1. The van der Waals surface area contributed by atoms with Gasteiger partial charge in [0.1, 0.15) is 0 Å². The first-order valence-electron chi connectivity index (χ1n) is 4.85. The second-order valence-corrected chi connectivity index (χ2v) is 3.50. The fourth-order valence-corrected chi connectivity index (χ4v) is 2.05. The summed E-state index contributed by atoms with van der Waals surface area (Å²) >= 11 is 0. The number of hydrogen-bond donors (Lipinski definition) is 0. The zero-order chi connectivity index (χ0) is 9.26. The monoisotopic (exact) mass is 173 g/mol. The number of rotatable bonds is 2. The molecule has 1 unspecified atom stereocenters. The third-order valence-electron chi connectivity index (χ3n) is 2.82. The molecule has 1 aliphatic heterocycles. The molecule has 2 rings (SSSR count). The van der Waals surface area contributed by atoms with Crippen LogP contribution >= 0.6 is 0 Å². The Labute approximate surface area is 79.7 Å². The largest absolute Gasteiger partial charge is 0.348 e. The molecule has 68 valence electrons. The van der Waals surface area contributed by atoms with Gasteiger partial charge in [0, 0.05) is 18.2 Å². The molecule has 0 saturated carbocycles. The maximum atomic E-state index is 3.84. The standard InChI is InChI=1S/C12H15N/c1-3-10-9-13(4-2)12-8-6-5-7-11(10)12/h4-8,10H,2-3,9H2,1H3. The van der Waals surface area contributed by atoms with Gasteiger partial charge in [-0.05, 0) is 24.3 Å². The number of benzene rings is 1. The highest BCUT2D eigenvalue weighted by Gasteiger charge is 2.24. The molecule has 1 heterocycles. The molecule has 1 heteroatoms. The van der Waals surface area contributed by atoms with Gasteiger partial charge in [-0.15, -0.1) is 0 Å². The van der Waals surface area contributed by atoms with E-state index in [1.54, 1.807) is 0 Å². The lowest BCUT2D eigenvalue weighted by molar-refractivity contribution is 0.704. The Bertz CT molecular complexity index is 317. The predicted octanol–water partition coefficient (Wildman–Crippen LogP) is 3.14. The summed E-state index contributed by atoms with van der Waals surface area (Å²) < 4.78 is 0. The van der Waals surface area contributed by atoms with Crippen molar-refractivity contribution in [3.63, 3.8) is 0 Å². The molecule has 1 atom stereocenters. The predicted molar refractivity (Wildman–Crippen MR) is 57.0 cm³/mol. The average Bonchev–Trinajstić information content (AvgIpc) is 2.56. The van der Waals surface area contributed by atoms with E-state index in [1.807, 2.05) is 6.20 Å². The van der Waals surface area contributed by atoms with Crippen molar-refractivity contribution in [2.24, 2.45) is 0 Å². The van der Waals surface area contributed by atoms with Crippen LogP contribution in [0.25, 0.3) is 0 Å². The Morgan fingerprint density at radius 2 is 2.31 bits per heavy atom. The van der Waals surface area contributed by atoms with Gasteiger partial charge in [0.25, 0.3) is 0 Å². The first-order valence-corrected chi connectivity index (χ1v) is 4.85. The Morgan fingerprint density at radius 3 is 3.00 bits per heavy atom. The van der Waals surface area contributed by atoms with Gasteiger partial charge in [0.2, 0.25) is 0 Å². The number of nitrogens with zero attached hydrogens (tertiary/aromatic N) is 1. The molecule has 0 fully saturated rings. The molecule has 0 aromatic heterocycles. The maximum absolute atomic E-state index is 3.84. The van der Waals surface area contributed by atoms with E-state index in [4.69, 9.17) is 0 Å². The highest BCUT2D eigenvalue weighted by Crippen LogP contribution is 2.37.